The van der Waals surface area contributed by atoms with Gasteiger partial charge in [0.15, 0.2) is 0 Å². The molecule has 2 saturated heterocycles. The fraction of sp³-hybridized carbons (Fsp3) is 0.421. The Kier molecular flexibility index (Phi) is 6.45. The van der Waals surface area contributed by atoms with E-state index in [0.717, 1.165) is 24.8 Å². The van der Waals surface area contributed by atoms with Gasteiger partial charge in [-0.05, 0) is 37.3 Å². The topological polar surface area (TPSA) is 60.9 Å². The van der Waals surface area contributed by atoms with E-state index in [1.165, 1.54) is 16.7 Å². The molecule has 0 aliphatic carbocycles. The molecule has 0 unspecified atom stereocenters. The number of thiocarbonyl (C=S) groups is 1. The number of aliphatic hydroxyl groups is 1. The summed E-state index contributed by atoms with van der Waals surface area (Å²) in [5, 5.41) is 9.23. The second-order valence-electron chi connectivity index (χ2n) is 6.43. The maximum absolute atomic E-state index is 12.8. The van der Waals surface area contributed by atoms with Gasteiger partial charge in [0.25, 0.3) is 5.91 Å². The standard InChI is InChI=1S/C19H22N2O3S2/c22-11-9-15-8-4-5-10-20(15)17(23)13-21-18(24)16(26-19(21)25)12-14-6-2-1-3-7-14/h1-3,6-7,12,15,22H,4-5,8-11,13H2/b16-12-/t15-/m1/s1. The Morgan fingerprint density at radius 3 is 2.81 bits per heavy atom. The van der Waals surface area contributed by atoms with Gasteiger partial charge in [0, 0.05) is 19.2 Å². The van der Waals surface area contributed by atoms with Gasteiger partial charge in [-0.1, -0.05) is 54.3 Å². The van der Waals surface area contributed by atoms with Crippen LogP contribution in [0.4, 0.5) is 0 Å². The van der Waals surface area contributed by atoms with Crippen molar-refractivity contribution in [2.24, 2.45) is 0 Å². The first-order valence-corrected chi connectivity index (χ1v) is 10.0. The van der Waals surface area contributed by atoms with Gasteiger partial charge < -0.3 is 10.0 Å². The average molecular weight is 391 g/mol. The largest absolute Gasteiger partial charge is 0.396 e. The minimum Gasteiger partial charge on any atom is -0.396 e. The minimum absolute atomic E-state index is 0.0290. The van der Waals surface area contributed by atoms with Crippen LogP contribution in [0.5, 0.6) is 0 Å². The van der Waals surface area contributed by atoms with Crippen molar-refractivity contribution in [1.82, 2.24) is 9.80 Å². The predicted molar refractivity (Wildman–Crippen MR) is 107 cm³/mol. The van der Waals surface area contributed by atoms with E-state index < -0.39 is 0 Å². The Bertz CT molecular complexity index is 719. The lowest BCUT2D eigenvalue weighted by molar-refractivity contribution is -0.138. The molecule has 2 amide bonds. The molecule has 0 radical (unpaired) electrons. The van der Waals surface area contributed by atoms with E-state index in [1.54, 1.807) is 11.0 Å². The summed E-state index contributed by atoms with van der Waals surface area (Å²) >= 11 is 6.56. The van der Waals surface area contributed by atoms with Crippen LogP contribution in [0.25, 0.3) is 6.08 Å². The van der Waals surface area contributed by atoms with Gasteiger partial charge in [-0.15, -0.1) is 0 Å². The molecule has 3 rings (SSSR count). The van der Waals surface area contributed by atoms with Crippen LogP contribution in [0.3, 0.4) is 0 Å². The zero-order valence-electron chi connectivity index (χ0n) is 14.5. The number of thioether (sulfide) groups is 1. The average Bonchev–Trinajstić information content (AvgIpc) is 2.90. The highest BCUT2D eigenvalue weighted by Crippen LogP contribution is 2.32. The third-order valence-electron chi connectivity index (χ3n) is 4.67. The summed E-state index contributed by atoms with van der Waals surface area (Å²) in [7, 11) is 0. The van der Waals surface area contributed by atoms with Crippen molar-refractivity contribution in [3.8, 4) is 0 Å². The number of carbonyl (C=O) groups is 2. The molecule has 2 aliphatic rings. The first-order chi connectivity index (χ1) is 12.6. The monoisotopic (exact) mass is 390 g/mol. The summed E-state index contributed by atoms with van der Waals surface area (Å²) in [6, 6.07) is 9.64. The van der Waals surface area contributed by atoms with E-state index in [0.29, 0.717) is 22.2 Å². The van der Waals surface area contributed by atoms with Crippen LogP contribution in [0, 0.1) is 0 Å². The number of benzene rings is 1. The fourth-order valence-corrected chi connectivity index (χ4v) is 4.60. The quantitative estimate of drug-likeness (QED) is 0.619. The fourth-order valence-electron chi connectivity index (χ4n) is 3.34. The molecule has 0 spiro atoms. The Hall–Kier alpha value is -1.70. The zero-order valence-corrected chi connectivity index (χ0v) is 16.1. The molecule has 7 heteroatoms. The maximum atomic E-state index is 12.8. The molecule has 5 nitrogen and oxygen atoms in total. The lowest BCUT2D eigenvalue weighted by Gasteiger charge is -2.36. The number of nitrogens with zero attached hydrogens (tertiary/aromatic N) is 2. The molecule has 1 atom stereocenters. The van der Waals surface area contributed by atoms with Gasteiger partial charge in [-0.25, -0.2) is 0 Å². The van der Waals surface area contributed by atoms with Crippen LogP contribution in [0.15, 0.2) is 35.2 Å². The summed E-state index contributed by atoms with van der Waals surface area (Å²) in [5.41, 5.74) is 0.929. The van der Waals surface area contributed by atoms with Crippen molar-refractivity contribution in [3.63, 3.8) is 0 Å². The highest BCUT2D eigenvalue weighted by atomic mass is 32.2. The molecule has 1 aromatic rings. The number of amides is 2. The number of rotatable bonds is 5. The van der Waals surface area contributed by atoms with E-state index >= 15 is 0 Å². The molecule has 138 valence electrons. The number of carbonyl (C=O) groups excluding carboxylic acids is 2. The molecule has 0 aromatic heterocycles. The number of hydrogen-bond acceptors (Lipinski definition) is 5. The number of likely N-dealkylation sites (tertiary alicyclic amines) is 1. The molecular formula is C19H22N2O3S2. The van der Waals surface area contributed by atoms with E-state index in [1.807, 2.05) is 30.3 Å². The molecular weight excluding hydrogens is 368 g/mol. The van der Waals surface area contributed by atoms with E-state index in [4.69, 9.17) is 12.2 Å². The Morgan fingerprint density at radius 2 is 2.08 bits per heavy atom. The summed E-state index contributed by atoms with van der Waals surface area (Å²) < 4.78 is 0.418. The highest BCUT2D eigenvalue weighted by molar-refractivity contribution is 8.26. The smallest absolute Gasteiger partial charge is 0.266 e. The highest BCUT2D eigenvalue weighted by Gasteiger charge is 2.35. The van der Waals surface area contributed by atoms with Crippen molar-refractivity contribution in [2.45, 2.75) is 31.7 Å². The van der Waals surface area contributed by atoms with Gasteiger partial charge in [-0.2, -0.15) is 0 Å². The SMILES string of the molecule is O=C1/C(=C/c2ccccc2)SC(=S)N1CC(=O)N1CCCC[C@@H]1CCO. The van der Waals surface area contributed by atoms with E-state index in [2.05, 4.69) is 0 Å². The normalized spacial score (nSPS) is 22.3. The summed E-state index contributed by atoms with van der Waals surface area (Å²) in [6.07, 6.45) is 5.31. The van der Waals surface area contributed by atoms with Crippen LogP contribution in [0.2, 0.25) is 0 Å². The van der Waals surface area contributed by atoms with Gasteiger partial charge in [0.1, 0.15) is 10.9 Å². The lowest BCUT2D eigenvalue weighted by Crippen LogP contribution is -2.49. The van der Waals surface area contributed by atoms with Crippen molar-refractivity contribution in [2.75, 3.05) is 19.7 Å². The maximum Gasteiger partial charge on any atom is 0.266 e. The Morgan fingerprint density at radius 1 is 1.31 bits per heavy atom. The summed E-state index contributed by atoms with van der Waals surface area (Å²) in [5.74, 6) is -0.312. The minimum atomic E-state index is -0.215. The van der Waals surface area contributed by atoms with E-state index in [-0.39, 0.29) is 31.0 Å². The third-order valence-corrected chi connectivity index (χ3v) is 6.05. The summed E-state index contributed by atoms with van der Waals surface area (Å²) in [6.45, 7) is 0.714. The van der Waals surface area contributed by atoms with E-state index in [9.17, 15) is 14.7 Å². The predicted octanol–water partition coefficient (Wildman–Crippen LogP) is 2.65. The molecule has 2 heterocycles. The molecule has 1 aromatic carbocycles. The number of piperidine rings is 1. The van der Waals surface area contributed by atoms with Crippen LogP contribution < -0.4 is 0 Å². The summed E-state index contributed by atoms with van der Waals surface area (Å²) in [4.78, 5) is 29.2. The molecule has 2 aliphatic heterocycles. The Balaban J connectivity index is 1.69. The molecule has 0 saturated carbocycles. The van der Waals surface area contributed by atoms with Gasteiger partial charge in [-0.3, -0.25) is 14.5 Å². The van der Waals surface area contributed by atoms with Crippen molar-refractivity contribution >= 4 is 46.2 Å². The van der Waals surface area contributed by atoms with Crippen molar-refractivity contribution < 1.29 is 14.7 Å². The van der Waals surface area contributed by atoms with Crippen LogP contribution in [0.1, 0.15) is 31.2 Å². The second kappa shape index (κ2) is 8.79. The molecule has 2 fully saturated rings. The Labute approximate surface area is 163 Å². The molecule has 1 N–H and O–H groups in total. The van der Waals surface area contributed by atoms with Crippen molar-refractivity contribution in [3.05, 3.63) is 40.8 Å². The lowest BCUT2D eigenvalue weighted by atomic mass is 9.99. The van der Waals surface area contributed by atoms with Gasteiger partial charge in [0.2, 0.25) is 5.91 Å². The van der Waals surface area contributed by atoms with Crippen LogP contribution >= 0.6 is 24.0 Å². The van der Waals surface area contributed by atoms with Crippen molar-refractivity contribution in [1.29, 1.82) is 0 Å². The molecule has 26 heavy (non-hydrogen) atoms. The second-order valence-corrected chi connectivity index (χ2v) is 8.10. The van der Waals surface area contributed by atoms with Crippen LogP contribution in [-0.4, -0.2) is 56.8 Å². The van der Waals surface area contributed by atoms with Gasteiger partial charge in [0.05, 0.1) is 4.91 Å². The number of hydrogen-bond donors (Lipinski definition) is 1. The first-order valence-electron chi connectivity index (χ1n) is 8.81. The number of aliphatic hydroxyl groups excluding tert-OH is 1. The first kappa shape index (κ1) is 19.1. The van der Waals surface area contributed by atoms with Gasteiger partial charge >= 0.3 is 0 Å². The third kappa shape index (κ3) is 4.34. The molecule has 0 bridgehead atoms. The zero-order chi connectivity index (χ0) is 18.5. The van der Waals surface area contributed by atoms with Crippen LogP contribution in [-0.2, 0) is 9.59 Å².